The molecule has 0 unspecified atom stereocenters. The summed E-state index contributed by atoms with van der Waals surface area (Å²) in [7, 11) is 3.91. The molecule has 130 valence electrons. The number of para-hydroxylation sites is 2. The van der Waals surface area contributed by atoms with Crippen LogP contribution in [0.3, 0.4) is 0 Å². The number of pyridine rings is 1. The number of carbonyl (C=O) groups is 1. The van der Waals surface area contributed by atoms with E-state index in [9.17, 15) is 4.79 Å². The summed E-state index contributed by atoms with van der Waals surface area (Å²) in [4.78, 5) is 21.4. The van der Waals surface area contributed by atoms with Gasteiger partial charge in [0.15, 0.2) is 0 Å². The molecule has 2 fully saturated rings. The molecule has 1 aromatic heterocycles. The second kappa shape index (κ2) is 6.39. The van der Waals surface area contributed by atoms with Crippen LogP contribution in [-0.4, -0.2) is 37.6 Å². The van der Waals surface area contributed by atoms with Gasteiger partial charge in [0.25, 0.3) is 5.91 Å². The zero-order valence-electron chi connectivity index (χ0n) is 14.8. The molecule has 0 radical (unpaired) electrons. The van der Waals surface area contributed by atoms with E-state index in [4.69, 9.17) is 0 Å². The van der Waals surface area contributed by atoms with Gasteiger partial charge in [0.1, 0.15) is 5.69 Å². The largest absolute Gasteiger partial charge is 0.378 e. The Labute approximate surface area is 148 Å². The van der Waals surface area contributed by atoms with Crippen molar-refractivity contribution in [2.75, 3.05) is 35.8 Å². The van der Waals surface area contributed by atoms with Crippen LogP contribution in [0.25, 0.3) is 0 Å². The van der Waals surface area contributed by atoms with Crippen molar-refractivity contribution in [1.29, 1.82) is 0 Å². The Morgan fingerprint density at radius 3 is 2.80 bits per heavy atom. The fourth-order valence-electron chi connectivity index (χ4n) is 4.06. The predicted molar refractivity (Wildman–Crippen MR) is 101 cm³/mol. The minimum Gasteiger partial charge on any atom is -0.378 e. The Bertz CT molecular complexity index is 789. The van der Waals surface area contributed by atoms with E-state index in [1.54, 1.807) is 6.20 Å². The number of aromatic nitrogens is 1. The van der Waals surface area contributed by atoms with Gasteiger partial charge in [0.2, 0.25) is 0 Å². The second-order valence-corrected chi connectivity index (χ2v) is 7.25. The predicted octanol–water partition coefficient (Wildman–Crippen LogP) is 3.39. The van der Waals surface area contributed by atoms with Crippen LogP contribution in [0.1, 0.15) is 29.8 Å². The average molecular weight is 336 g/mol. The van der Waals surface area contributed by atoms with Gasteiger partial charge in [-0.3, -0.25) is 9.78 Å². The van der Waals surface area contributed by atoms with Gasteiger partial charge in [0, 0.05) is 38.6 Å². The van der Waals surface area contributed by atoms with Gasteiger partial charge in [0.05, 0.1) is 11.4 Å². The monoisotopic (exact) mass is 336 g/mol. The third kappa shape index (κ3) is 3.06. The number of piperidine rings is 1. The highest BCUT2D eigenvalue weighted by atomic mass is 16.1. The lowest BCUT2D eigenvalue weighted by atomic mass is 10.1. The second-order valence-electron chi connectivity index (χ2n) is 7.25. The Morgan fingerprint density at radius 2 is 2.08 bits per heavy atom. The maximum Gasteiger partial charge on any atom is 0.274 e. The number of nitrogens with zero attached hydrogens (tertiary/aromatic N) is 3. The molecule has 1 saturated heterocycles. The number of benzene rings is 1. The Morgan fingerprint density at radius 1 is 1.24 bits per heavy atom. The summed E-state index contributed by atoms with van der Waals surface area (Å²) >= 11 is 0. The summed E-state index contributed by atoms with van der Waals surface area (Å²) in [5.74, 6) is 0.646. The molecule has 2 aliphatic rings. The minimum absolute atomic E-state index is 0.166. The standard InChI is InChI=1S/C20H24N4O/c1-23(2)15-9-10-21-18(12-15)20(25)22-17-5-3-4-6-19(17)24-13-14-7-8-16(24)11-14/h3-6,9-10,12,14,16H,7-8,11,13H2,1-2H3,(H,22,25)/t14-,16-/m0/s1. The molecule has 1 aliphatic carbocycles. The molecule has 2 aromatic rings. The van der Waals surface area contributed by atoms with E-state index in [2.05, 4.69) is 21.3 Å². The van der Waals surface area contributed by atoms with Gasteiger partial charge in [-0.05, 0) is 49.4 Å². The highest BCUT2D eigenvalue weighted by Crippen LogP contribution is 2.42. The first-order valence-electron chi connectivity index (χ1n) is 8.92. The Kier molecular flexibility index (Phi) is 4.07. The van der Waals surface area contributed by atoms with Crippen molar-refractivity contribution in [3.63, 3.8) is 0 Å². The van der Waals surface area contributed by atoms with Crippen LogP contribution in [0.15, 0.2) is 42.6 Å². The highest BCUT2D eigenvalue weighted by molar-refractivity contribution is 6.05. The summed E-state index contributed by atoms with van der Waals surface area (Å²) in [5.41, 5.74) is 3.40. The summed E-state index contributed by atoms with van der Waals surface area (Å²) in [6, 6.07) is 12.4. The molecule has 4 rings (SSSR count). The van der Waals surface area contributed by atoms with Crippen molar-refractivity contribution in [1.82, 2.24) is 4.98 Å². The lowest BCUT2D eigenvalue weighted by Crippen LogP contribution is -2.32. The molecule has 2 atom stereocenters. The van der Waals surface area contributed by atoms with E-state index in [1.165, 1.54) is 19.3 Å². The third-order valence-corrected chi connectivity index (χ3v) is 5.36. The third-order valence-electron chi connectivity index (χ3n) is 5.36. The van der Waals surface area contributed by atoms with Crippen molar-refractivity contribution < 1.29 is 4.79 Å². The molecule has 25 heavy (non-hydrogen) atoms. The lowest BCUT2D eigenvalue weighted by Gasteiger charge is -2.31. The van der Waals surface area contributed by atoms with Gasteiger partial charge in [-0.15, -0.1) is 0 Å². The zero-order chi connectivity index (χ0) is 17.4. The number of anilines is 3. The first kappa shape index (κ1) is 15.9. The van der Waals surface area contributed by atoms with Gasteiger partial charge >= 0.3 is 0 Å². The first-order chi connectivity index (χ1) is 12.1. The van der Waals surface area contributed by atoms with Crippen molar-refractivity contribution in [2.24, 2.45) is 5.92 Å². The summed E-state index contributed by atoms with van der Waals surface area (Å²) < 4.78 is 0. The number of amides is 1. The molecule has 2 bridgehead atoms. The number of hydrogen-bond donors (Lipinski definition) is 1. The maximum absolute atomic E-state index is 12.7. The molecular weight excluding hydrogens is 312 g/mol. The normalized spacial score (nSPS) is 21.4. The Balaban J connectivity index is 1.57. The molecule has 0 spiro atoms. The fraction of sp³-hybridized carbons (Fsp3) is 0.400. The average Bonchev–Trinajstić information content (AvgIpc) is 3.25. The van der Waals surface area contributed by atoms with Crippen LogP contribution in [0.4, 0.5) is 17.1 Å². The first-order valence-corrected chi connectivity index (χ1v) is 8.92. The smallest absolute Gasteiger partial charge is 0.274 e. The molecule has 1 amide bonds. The van der Waals surface area contributed by atoms with E-state index in [0.29, 0.717) is 11.7 Å². The van der Waals surface area contributed by atoms with E-state index >= 15 is 0 Å². The number of nitrogens with one attached hydrogen (secondary N) is 1. The number of rotatable bonds is 4. The van der Waals surface area contributed by atoms with Crippen molar-refractivity contribution >= 4 is 23.0 Å². The van der Waals surface area contributed by atoms with E-state index in [-0.39, 0.29) is 5.91 Å². The molecule has 1 aromatic carbocycles. The molecule has 5 heteroatoms. The lowest BCUT2D eigenvalue weighted by molar-refractivity contribution is 0.102. The van der Waals surface area contributed by atoms with E-state index < -0.39 is 0 Å². The minimum atomic E-state index is -0.166. The summed E-state index contributed by atoms with van der Waals surface area (Å²) in [6.45, 7) is 1.10. The number of hydrogen-bond acceptors (Lipinski definition) is 4. The highest BCUT2D eigenvalue weighted by Gasteiger charge is 2.38. The Hall–Kier alpha value is -2.56. The van der Waals surface area contributed by atoms with Gasteiger partial charge in [-0.2, -0.15) is 0 Å². The molecule has 1 N–H and O–H groups in total. The fourth-order valence-corrected chi connectivity index (χ4v) is 4.06. The quantitative estimate of drug-likeness (QED) is 0.930. The van der Waals surface area contributed by atoms with E-state index in [1.807, 2.05) is 49.3 Å². The molecule has 5 nitrogen and oxygen atoms in total. The van der Waals surface area contributed by atoms with E-state index in [0.717, 1.165) is 29.5 Å². The topological polar surface area (TPSA) is 48.5 Å². The van der Waals surface area contributed by atoms with Crippen molar-refractivity contribution in [2.45, 2.75) is 25.3 Å². The number of fused-ring (bicyclic) bond motifs is 2. The molecular formula is C20H24N4O. The number of carbonyl (C=O) groups excluding carboxylic acids is 1. The van der Waals surface area contributed by atoms with Gasteiger partial charge < -0.3 is 15.1 Å². The van der Waals surface area contributed by atoms with Gasteiger partial charge in [-0.1, -0.05) is 12.1 Å². The molecule has 2 heterocycles. The summed E-state index contributed by atoms with van der Waals surface area (Å²) in [6.07, 6.45) is 5.57. The van der Waals surface area contributed by atoms with Gasteiger partial charge in [-0.25, -0.2) is 0 Å². The van der Waals surface area contributed by atoms with Crippen LogP contribution in [0, 0.1) is 5.92 Å². The van der Waals surface area contributed by atoms with Crippen LogP contribution in [-0.2, 0) is 0 Å². The van der Waals surface area contributed by atoms with Crippen LogP contribution >= 0.6 is 0 Å². The van der Waals surface area contributed by atoms with Crippen molar-refractivity contribution in [3.05, 3.63) is 48.3 Å². The van der Waals surface area contributed by atoms with Crippen LogP contribution in [0.2, 0.25) is 0 Å². The van der Waals surface area contributed by atoms with Crippen molar-refractivity contribution in [3.8, 4) is 0 Å². The van der Waals surface area contributed by atoms with Crippen LogP contribution in [0.5, 0.6) is 0 Å². The molecule has 1 aliphatic heterocycles. The van der Waals surface area contributed by atoms with Crippen LogP contribution < -0.4 is 15.1 Å². The summed E-state index contributed by atoms with van der Waals surface area (Å²) in [5, 5.41) is 3.07. The zero-order valence-corrected chi connectivity index (χ0v) is 14.8. The SMILES string of the molecule is CN(C)c1ccnc(C(=O)Nc2ccccc2N2C[C@H]3CC[C@H]2C3)c1. The molecule has 1 saturated carbocycles. The maximum atomic E-state index is 12.7.